The number of sulfonamides is 1. The van der Waals surface area contributed by atoms with Crippen molar-refractivity contribution in [1.82, 2.24) is 14.3 Å². The molecule has 2 rings (SSSR count). The zero-order valence-electron chi connectivity index (χ0n) is 14.4. The molecule has 1 unspecified atom stereocenters. The summed E-state index contributed by atoms with van der Waals surface area (Å²) >= 11 is 11.8. The maximum absolute atomic E-state index is 12.5. The fourth-order valence-corrected chi connectivity index (χ4v) is 4.09. The van der Waals surface area contributed by atoms with Crippen LogP contribution in [0.3, 0.4) is 0 Å². The number of ether oxygens (including phenoxy) is 1. The second-order valence-corrected chi connectivity index (χ2v) is 8.11. The van der Waals surface area contributed by atoms with Gasteiger partial charge >= 0.3 is 6.18 Å². The third-order valence-electron chi connectivity index (χ3n) is 3.61. The number of halogens is 5. The van der Waals surface area contributed by atoms with Crippen molar-refractivity contribution in [3.63, 3.8) is 0 Å². The minimum Gasteiger partial charge on any atom is -0.497 e. The van der Waals surface area contributed by atoms with E-state index in [1.165, 1.54) is 26.2 Å². The summed E-state index contributed by atoms with van der Waals surface area (Å²) in [4.78, 5) is 15.5. The van der Waals surface area contributed by atoms with E-state index in [2.05, 4.69) is 4.98 Å². The van der Waals surface area contributed by atoms with Gasteiger partial charge in [0.2, 0.25) is 0 Å². The van der Waals surface area contributed by atoms with Gasteiger partial charge in [-0.2, -0.15) is 13.2 Å². The SMILES string of the molecule is COc1ccc(Cl)c(S(=O)(=O)NC(=O)c2ncn(C(C)CC(F)(F)F)c2Cl)c1. The Kier molecular flexibility index (Phi) is 6.51. The van der Waals surface area contributed by atoms with Crippen molar-refractivity contribution in [1.29, 1.82) is 0 Å². The molecule has 28 heavy (non-hydrogen) atoms. The maximum atomic E-state index is 12.5. The molecule has 0 fully saturated rings. The van der Waals surface area contributed by atoms with Crippen LogP contribution in [0.2, 0.25) is 10.2 Å². The zero-order chi connectivity index (χ0) is 21.3. The topological polar surface area (TPSA) is 90.3 Å². The second-order valence-electron chi connectivity index (χ2n) is 5.69. The van der Waals surface area contributed by atoms with Crippen molar-refractivity contribution in [3.8, 4) is 5.75 Å². The molecule has 1 atom stereocenters. The maximum Gasteiger partial charge on any atom is 0.391 e. The highest BCUT2D eigenvalue weighted by molar-refractivity contribution is 7.90. The first-order chi connectivity index (χ1) is 12.9. The second kappa shape index (κ2) is 8.18. The normalized spacial score (nSPS) is 13.2. The molecular formula is C15H14Cl2F3N3O4S. The van der Waals surface area contributed by atoms with Gasteiger partial charge in [-0.3, -0.25) is 4.79 Å². The molecule has 13 heteroatoms. The highest BCUT2D eigenvalue weighted by Crippen LogP contribution is 2.31. The van der Waals surface area contributed by atoms with E-state index in [4.69, 9.17) is 27.9 Å². The lowest BCUT2D eigenvalue weighted by Gasteiger charge is -2.16. The molecule has 1 aromatic heterocycles. The molecule has 1 amide bonds. The summed E-state index contributed by atoms with van der Waals surface area (Å²) in [6.07, 6.45) is -4.73. The summed E-state index contributed by atoms with van der Waals surface area (Å²) < 4.78 is 70.1. The van der Waals surface area contributed by atoms with Gasteiger partial charge in [0.1, 0.15) is 15.8 Å². The van der Waals surface area contributed by atoms with Gasteiger partial charge in [-0.05, 0) is 19.1 Å². The zero-order valence-corrected chi connectivity index (χ0v) is 16.7. The van der Waals surface area contributed by atoms with E-state index in [1.807, 2.05) is 0 Å². The number of carbonyl (C=O) groups is 1. The molecule has 0 radical (unpaired) electrons. The van der Waals surface area contributed by atoms with Crippen LogP contribution in [0, 0.1) is 0 Å². The lowest BCUT2D eigenvalue weighted by atomic mass is 10.2. The molecule has 2 aromatic rings. The van der Waals surface area contributed by atoms with Gasteiger partial charge in [-0.25, -0.2) is 18.1 Å². The van der Waals surface area contributed by atoms with Crippen molar-refractivity contribution in [2.75, 3.05) is 7.11 Å². The van der Waals surface area contributed by atoms with E-state index in [9.17, 15) is 26.4 Å². The van der Waals surface area contributed by atoms with E-state index >= 15 is 0 Å². The van der Waals surface area contributed by atoms with Crippen molar-refractivity contribution >= 4 is 39.1 Å². The van der Waals surface area contributed by atoms with Gasteiger partial charge in [0, 0.05) is 12.1 Å². The minimum atomic E-state index is -4.46. The minimum absolute atomic E-state index is 0.170. The molecule has 1 aromatic carbocycles. The van der Waals surface area contributed by atoms with E-state index in [1.54, 1.807) is 4.72 Å². The van der Waals surface area contributed by atoms with E-state index in [-0.39, 0.29) is 10.8 Å². The van der Waals surface area contributed by atoms with Crippen molar-refractivity contribution < 1.29 is 31.1 Å². The van der Waals surface area contributed by atoms with Crippen molar-refractivity contribution in [3.05, 3.63) is 40.4 Å². The number of hydrogen-bond donors (Lipinski definition) is 1. The van der Waals surface area contributed by atoms with Gasteiger partial charge in [-0.15, -0.1) is 0 Å². The van der Waals surface area contributed by atoms with Crippen LogP contribution in [-0.2, 0) is 10.0 Å². The van der Waals surface area contributed by atoms with Gasteiger partial charge in [0.05, 0.1) is 24.9 Å². The Labute approximate surface area is 168 Å². The number of rotatable bonds is 6. The van der Waals surface area contributed by atoms with Crippen LogP contribution in [0.4, 0.5) is 13.2 Å². The highest BCUT2D eigenvalue weighted by atomic mass is 35.5. The first-order valence-electron chi connectivity index (χ1n) is 7.55. The summed E-state index contributed by atoms with van der Waals surface area (Å²) in [7, 11) is -3.11. The number of alkyl halides is 3. The Morgan fingerprint density at radius 2 is 2.00 bits per heavy atom. The number of benzene rings is 1. The summed E-state index contributed by atoms with van der Waals surface area (Å²) in [6, 6.07) is 2.64. The molecule has 0 aliphatic heterocycles. The predicted molar refractivity (Wildman–Crippen MR) is 95.3 cm³/mol. The lowest BCUT2D eigenvalue weighted by Crippen LogP contribution is -2.31. The van der Waals surface area contributed by atoms with Crippen LogP contribution < -0.4 is 9.46 Å². The molecule has 154 valence electrons. The Morgan fingerprint density at radius 3 is 2.57 bits per heavy atom. The molecule has 0 saturated heterocycles. The third-order valence-corrected chi connectivity index (χ3v) is 5.79. The Hall–Kier alpha value is -1.98. The number of aromatic nitrogens is 2. The van der Waals surface area contributed by atoms with E-state index in [0.29, 0.717) is 0 Å². The van der Waals surface area contributed by atoms with Gasteiger partial charge < -0.3 is 9.30 Å². The molecule has 1 heterocycles. The first kappa shape index (κ1) is 22.3. The summed E-state index contributed by atoms with van der Waals surface area (Å²) in [5.41, 5.74) is -0.543. The van der Waals surface area contributed by atoms with E-state index in [0.717, 1.165) is 17.0 Å². The highest BCUT2D eigenvalue weighted by Gasteiger charge is 2.32. The quantitative estimate of drug-likeness (QED) is 0.708. The summed E-state index contributed by atoms with van der Waals surface area (Å²) in [6.45, 7) is 1.23. The van der Waals surface area contributed by atoms with Crippen LogP contribution in [-0.4, -0.2) is 37.2 Å². The molecular weight excluding hydrogens is 446 g/mol. The number of amides is 1. The molecule has 0 bridgehead atoms. The first-order valence-corrected chi connectivity index (χ1v) is 9.79. The monoisotopic (exact) mass is 459 g/mol. The van der Waals surface area contributed by atoms with Crippen LogP contribution in [0.1, 0.15) is 29.9 Å². The van der Waals surface area contributed by atoms with Crippen LogP contribution in [0.5, 0.6) is 5.75 Å². The number of hydrogen-bond acceptors (Lipinski definition) is 5. The van der Waals surface area contributed by atoms with Gasteiger partial charge in [-0.1, -0.05) is 23.2 Å². The lowest BCUT2D eigenvalue weighted by molar-refractivity contribution is -0.141. The smallest absolute Gasteiger partial charge is 0.391 e. The standard InChI is InChI=1S/C15H14Cl2F3N3O4S/c1-8(6-15(18,19)20)23-7-21-12(13(23)17)14(24)22-28(25,26)11-5-9(27-2)3-4-10(11)16/h3-5,7-8H,6H2,1-2H3,(H,22,24). The van der Waals surface area contributed by atoms with Gasteiger partial charge in [0.15, 0.2) is 5.69 Å². The van der Waals surface area contributed by atoms with Crippen LogP contribution in [0.15, 0.2) is 29.4 Å². The number of nitrogens with one attached hydrogen (secondary N) is 1. The average molecular weight is 460 g/mol. The van der Waals surface area contributed by atoms with Gasteiger partial charge in [0.25, 0.3) is 15.9 Å². The predicted octanol–water partition coefficient (Wildman–Crippen LogP) is 3.83. The largest absolute Gasteiger partial charge is 0.497 e. The number of methoxy groups -OCH3 is 1. The third kappa shape index (κ3) is 5.09. The molecule has 0 aliphatic carbocycles. The fourth-order valence-electron chi connectivity index (χ4n) is 2.28. The van der Waals surface area contributed by atoms with Crippen molar-refractivity contribution in [2.24, 2.45) is 0 Å². The van der Waals surface area contributed by atoms with Crippen molar-refractivity contribution in [2.45, 2.75) is 30.5 Å². The van der Waals surface area contributed by atoms with Crippen LogP contribution in [0.25, 0.3) is 0 Å². The van der Waals surface area contributed by atoms with E-state index < -0.39 is 50.3 Å². The summed E-state index contributed by atoms with van der Waals surface area (Å²) in [5, 5.41) is -0.599. The molecule has 1 N–H and O–H groups in total. The molecule has 0 saturated carbocycles. The molecule has 0 spiro atoms. The number of nitrogens with zero attached hydrogens (tertiary/aromatic N) is 2. The number of imidazole rings is 1. The fraction of sp³-hybridized carbons (Fsp3) is 0.333. The molecule has 0 aliphatic rings. The Balaban J connectivity index is 2.28. The average Bonchev–Trinajstić information content (AvgIpc) is 2.95. The summed E-state index contributed by atoms with van der Waals surface area (Å²) in [5.74, 6) is -1.04. The molecule has 7 nitrogen and oxygen atoms in total. The number of carbonyl (C=O) groups excluding carboxylic acids is 1. The Morgan fingerprint density at radius 1 is 1.36 bits per heavy atom. The Bertz CT molecular complexity index is 993. The van der Waals surface area contributed by atoms with Crippen LogP contribution >= 0.6 is 23.2 Å².